The van der Waals surface area contributed by atoms with Gasteiger partial charge in [-0.25, -0.2) is 4.98 Å². The molecule has 0 saturated heterocycles. The average molecular weight is 252 g/mol. The summed E-state index contributed by atoms with van der Waals surface area (Å²) in [4.78, 5) is 4.32. The van der Waals surface area contributed by atoms with Crippen LogP contribution < -0.4 is 10.1 Å². The zero-order valence-corrected chi connectivity index (χ0v) is 11.9. The second-order valence-corrected chi connectivity index (χ2v) is 5.67. The molecule has 0 amide bonds. The Bertz CT molecular complexity index is 384. The van der Waals surface area contributed by atoms with Gasteiger partial charge in [0.1, 0.15) is 5.60 Å². The first kappa shape index (κ1) is 14.9. The van der Waals surface area contributed by atoms with Crippen LogP contribution in [0.1, 0.15) is 40.3 Å². The van der Waals surface area contributed by atoms with E-state index in [1.807, 2.05) is 19.1 Å². The Kier molecular flexibility index (Phi) is 4.71. The average Bonchev–Trinajstić information content (AvgIpc) is 2.27. The van der Waals surface area contributed by atoms with Crippen molar-refractivity contribution in [1.82, 2.24) is 10.3 Å². The Morgan fingerprint density at radius 2 is 1.94 bits per heavy atom. The standard InChI is InChI=1S/C14H24N2O2/c1-6-18-12-9-7-8-11(16-12)14(5,17)10-15-13(2,3)4/h7-9,15,17H,6,10H2,1-5H3/t14-/m0/s1. The highest BCUT2D eigenvalue weighted by atomic mass is 16.5. The van der Waals surface area contributed by atoms with Gasteiger partial charge in [0.2, 0.25) is 5.88 Å². The molecule has 0 bridgehead atoms. The predicted molar refractivity (Wildman–Crippen MR) is 72.7 cm³/mol. The van der Waals surface area contributed by atoms with E-state index >= 15 is 0 Å². The molecule has 18 heavy (non-hydrogen) atoms. The lowest BCUT2D eigenvalue weighted by molar-refractivity contribution is 0.0452. The summed E-state index contributed by atoms with van der Waals surface area (Å²) in [7, 11) is 0. The van der Waals surface area contributed by atoms with Gasteiger partial charge in [-0.3, -0.25) is 0 Å². The molecule has 0 radical (unpaired) electrons. The molecule has 0 unspecified atom stereocenters. The predicted octanol–water partition coefficient (Wildman–Crippen LogP) is 2.08. The summed E-state index contributed by atoms with van der Waals surface area (Å²) < 4.78 is 5.34. The summed E-state index contributed by atoms with van der Waals surface area (Å²) in [6.45, 7) is 10.9. The molecule has 2 N–H and O–H groups in total. The summed E-state index contributed by atoms with van der Waals surface area (Å²) >= 11 is 0. The third-order valence-electron chi connectivity index (χ3n) is 2.53. The largest absolute Gasteiger partial charge is 0.478 e. The fourth-order valence-corrected chi connectivity index (χ4v) is 1.47. The van der Waals surface area contributed by atoms with Crippen molar-refractivity contribution >= 4 is 0 Å². The molecule has 0 aromatic carbocycles. The van der Waals surface area contributed by atoms with Gasteiger partial charge in [-0.05, 0) is 40.7 Å². The van der Waals surface area contributed by atoms with Gasteiger partial charge in [0.25, 0.3) is 0 Å². The van der Waals surface area contributed by atoms with Crippen molar-refractivity contribution in [2.24, 2.45) is 0 Å². The van der Waals surface area contributed by atoms with Crippen LogP contribution in [-0.2, 0) is 5.60 Å². The molecule has 4 nitrogen and oxygen atoms in total. The lowest BCUT2D eigenvalue weighted by Crippen LogP contribution is -2.45. The monoisotopic (exact) mass is 252 g/mol. The number of β-amino-alcohol motifs (C(OH)–C–C–N with tert-alkyl or cyclic N) is 1. The number of ether oxygens (including phenoxy) is 1. The summed E-state index contributed by atoms with van der Waals surface area (Å²) in [5, 5.41) is 13.7. The Hall–Kier alpha value is -1.13. The van der Waals surface area contributed by atoms with E-state index in [-0.39, 0.29) is 5.54 Å². The van der Waals surface area contributed by atoms with E-state index in [2.05, 4.69) is 31.1 Å². The number of rotatable bonds is 5. The maximum Gasteiger partial charge on any atom is 0.213 e. The molecule has 1 aromatic rings. The molecule has 1 atom stereocenters. The fraction of sp³-hybridized carbons (Fsp3) is 0.643. The van der Waals surface area contributed by atoms with Crippen molar-refractivity contribution in [3.63, 3.8) is 0 Å². The second-order valence-electron chi connectivity index (χ2n) is 5.67. The van der Waals surface area contributed by atoms with Crippen LogP contribution in [0.2, 0.25) is 0 Å². The lowest BCUT2D eigenvalue weighted by atomic mass is 9.99. The molecule has 0 fully saturated rings. The van der Waals surface area contributed by atoms with Crippen molar-refractivity contribution in [2.45, 2.75) is 45.8 Å². The number of nitrogens with one attached hydrogen (secondary N) is 1. The maximum absolute atomic E-state index is 10.5. The molecular weight excluding hydrogens is 228 g/mol. The number of aliphatic hydroxyl groups is 1. The van der Waals surface area contributed by atoms with Gasteiger partial charge < -0.3 is 15.2 Å². The van der Waals surface area contributed by atoms with Crippen molar-refractivity contribution in [2.75, 3.05) is 13.2 Å². The van der Waals surface area contributed by atoms with Crippen molar-refractivity contribution in [3.8, 4) is 5.88 Å². The molecule has 0 saturated carbocycles. The van der Waals surface area contributed by atoms with Crippen LogP contribution in [0, 0.1) is 0 Å². The summed E-state index contributed by atoms with van der Waals surface area (Å²) in [5.41, 5.74) is -0.438. The van der Waals surface area contributed by atoms with Crippen LogP contribution >= 0.6 is 0 Å². The maximum atomic E-state index is 10.5. The first-order valence-electron chi connectivity index (χ1n) is 6.32. The molecule has 0 aliphatic carbocycles. The van der Waals surface area contributed by atoms with Crippen LogP contribution in [0.15, 0.2) is 18.2 Å². The minimum atomic E-state index is -1.01. The highest BCUT2D eigenvalue weighted by molar-refractivity contribution is 5.20. The smallest absolute Gasteiger partial charge is 0.213 e. The van der Waals surface area contributed by atoms with Gasteiger partial charge in [-0.15, -0.1) is 0 Å². The van der Waals surface area contributed by atoms with E-state index in [4.69, 9.17) is 4.74 Å². The third kappa shape index (κ3) is 4.63. The van der Waals surface area contributed by atoms with Crippen LogP contribution in [0.25, 0.3) is 0 Å². The second kappa shape index (κ2) is 5.67. The van der Waals surface area contributed by atoms with E-state index in [9.17, 15) is 5.11 Å². The number of hydrogen-bond acceptors (Lipinski definition) is 4. The topological polar surface area (TPSA) is 54.4 Å². The Labute approximate surface area is 109 Å². The first-order valence-corrected chi connectivity index (χ1v) is 6.32. The fourth-order valence-electron chi connectivity index (χ4n) is 1.47. The molecule has 0 spiro atoms. The molecule has 0 aliphatic heterocycles. The number of nitrogens with zero attached hydrogens (tertiary/aromatic N) is 1. The van der Waals surface area contributed by atoms with Gasteiger partial charge >= 0.3 is 0 Å². The molecule has 0 aliphatic rings. The SMILES string of the molecule is CCOc1cccc([C@@](C)(O)CNC(C)(C)C)n1. The molecule has 1 rings (SSSR count). The lowest BCUT2D eigenvalue weighted by Gasteiger charge is -2.29. The van der Waals surface area contributed by atoms with E-state index in [1.165, 1.54) is 0 Å². The van der Waals surface area contributed by atoms with Gasteiger partial charge in [0.15, 0.2) is 0 Å². The van der Waals surface area contributed by atoms with Crippen LogP contribution in [-0.4, -0.2) is 28.8 Å². The van der Waals surface area contributed by atoms with Crippen LogP contribution in [0.3, 0.4) is 0 Å². The van der Waals surface area contributed by atoms with Crippen LogP contribution in [0.5, 0.6) is 5.88 Å². The summed E-state index contributed by atoms with van der Waals surface area (Å²) in [6, 6.07) is 5.45. The zero-order valence-electron chi connectivity index (χ0n) is 11.9. The van der Waals surface area contributed by atoms with Crippen molar-refractivity contribution in [1.29, 1.82) is 0 Å². The normalized spacial score (nSPS) is 15.2. The molecule has 102 valence electrons. The quantitative estimate of drug-likeness (QED) is 0.842. The van der Waals surface area contributed by atoms with Gasteiger partial charge in [-0.1, -0.05) is 6.07 Å². The summed E-state index contributed by atoms with van der Waals surface area (Å²) in [5.74, 6) is 0.547. The minimum Gasteiger partial charge on any atom is -0.478 e. The molecule has 1 aromatic heterocycles. The molecular formula is C14H24N2O2. The highest BCUT2D eigenvalue weighted by Crippen LogP contribution is 2.21. The van der Waals surface area contributed by atoms with Gasteiger partial charge in [0, 0.05) is 18.2 Å². The Morgan fingerprint density at radius 3 is 2.50 bits per heavy atom. The van der Waals surface area contributed by atoms with Crippen molar-refractivity contribution in [3.05, 3.63) is 23.9 Å². The Balaban J connectivity index is 2.80. The zero-order chi connectivity index (χ0) is 13.8. The minimum absolute atomic E-state index is 0.0402. The van der Waals surface area contributed by atoms with E-state index in [1.54, 1.807) is 13.0 Å². The Morgan fingerprint density at radius 1 is 1.28 bits per heavy atom. The van der Waals surface area contributed by atoms with Gasteiger partial charge in [0.05, 0.1) is 12.3 Å². The third-order valence-corrected chi connectivity index (χ3v) is 2.53. The first-order chi connectivity index (χ1) is 8.24. The summed E-state index contributed by atoms with van der Waals surface area (Å²) in [6.07, 6.45) is 0. The number of hydrogen-bond donors (Lipinski definition) is 2. The van der Waals surface area contributed by atoms with E-state index in [0.717, 1.165) is 0 Å². The number of pyridine rings is 1. The van der Waals surface area contributed by atoms with Gasteiger partial charge in [-0.2, -0.15) is 0 Å². The van der Waals surface area contributed by atoms with Crippen molar-refractivity contribution < 1.29 is 9.84 Å². The molecule has 4 heteroatoms. The van der Waals surface area contributed by atoms with E-state index < -0.39 is 5.60 Å². The molecule has 1 heterocycles. The van der Waals surface area contributed by atoms with E-state index in [0.29, 0.717) is 24.7 Å². The highest BCUT2D eigenvalue weighted by Gasteiger charge is 2.26. The number of aromatic nitrogens is 1. The van der Waals surface area contributed by atoms with Crippen LogP contribution in [0.4, 0.5) is 0 Å².